The van der Waals surface area contributed by atoms with Crippen molar-refractivity contribution < 1.29 is 4.74 Å². The van der Waals surface area contributed by atoms with Crippen molar-refractivity contribution in [1.82, 2.24) is 10.2 Å². The van der Waals surface area contributed by atoms with Crippen molar-refractivity contribution >= 4 is 5.69 Å². The Morgan fingerprint density at radius 3 is 2.74 bits per heavy atom. The Morgan fingerprint density at radius 2 is 2.11 bits per heavy atom. The summed E-state index contributed by atoms with van der Waals surface area (Å²) in [7, 11) is 4.10. The highest BCUT2D eigenvalue weighted by atomic mass is 16.5. The molecule has 1 aromatic rings. The molecule has 0 amide bonds. The molecule has 0 aromatic heterocycles. The van der Waals surface area contributed by atoms with Gasteiger partial charge in [-0.2, -0.15) is 0 Å². The zero-order valence-corrected chi connectivity index (χ0v) is 12.0. The molecule has 1 aromatic carbocycles. The van der Waals surface area contributed by atoms with Crippen LogP contribution in [0.15, 0.2) is 24.3 Å². The maximum atomic E-state index is 5.67. The standard InChI is InChI=1S/C15H25N3O/c1-18(2)10-11-19-15-7-5-13(6-8-15)17-12-14-4-3-9-16-14/h5-8,14,16-17H,3-4,9-12H2,1-2H3. The number of ether oxygens (including phenoxy) is 1. The van der Waals surface area contributed by atoms with E-state index in [2.05, 4.69) is 27.7 Å². The fraction of sp³-hybridized carbons (Fsp3) is 0.600. The van der Waals surface area contributed by atoms with E-state index in [9.17, 15) is 0 Å². The van der Waals surface area contributed by atoms with Gasteiger partial charge in [0.2, 0.25) is 0 Å². The zero-order chi connectivity index (χ0) is 13.5. The summed E-state index contributed by atoms with van der Waals surface area (Å²) in [6, 6.07) is 8.84. The molecule has 0 spiro atoms. The van der Waals surface area contributed by atoms with Crippen molar-refractivity contribution in [2.75, 3.05) is 45.7 Å². The van der Waals surface area contributed by atoms with Gasteiger partial charge in [0, 0.05) is 24.8 Å². The summed E-state index contributed by atoms with van der Waals surface area (Å²) in [5.41, 5.74) is 1.16. The first-order chi connectivity index (χ1) is 9.24. The third-order valence-corrected chi connectivity index (χ3v) is 3.38. The highest BCUT2D eigenvalue weighted by Gasteiger charge is 2.12. The number of rotatable bonds is 7. The largest absolute Gasteiger partial charge is 0.492 e. The lowest BCUT2D eigenvalue weighted by atomic mass is 10.2. The van der Waals surface area contributed by atoms with E-state index in [4.69, 9.17) is 4.74 Å². The molecule has 2 rings (SSSR count). The molecular formula is C15H25N3O. The van der Waals surface area contributed by atoms with Crippen LogP contribution in [-0.2, 0) is 0 Å². The Kier molecular flexibility index (Phi) is 5.48. The van der Waals surface area contributed by atoms with E-state index in [1.165, 1.54) is 12.8 Å². The Balaban J connectivity index is 1.71. The van der Waals surface area contributed by atoms with Crippen LogP contribution < -0.4 is 15.4 Å². The molecule has 1 fully saturated rings. The van der Waals surface area contributed by atoms with Crippen LogP contribution in [0, 0.1) is 0 Å². The Bertz CT molecular complexity index is 358. The molecule has 4 heteroatoms. The van der Waals surface area contributed by atoms with E-state index < -0.39 is 0 Å². The van der Waals surface area contributed by atoms with Crippen LogP contribution in [0.1, 0.15) is 12.8 Å². The molecule has 0 aliphatic carbocycles. The summed E-state index contributed by atoms with van der Waals surface area (Å²) < 4.78 is 5.67. The molecule has 106 valence electrons. The van der Waals surface area contributed by atoms with Gasteiger partial charge in [0.1, 0.15) is 12.4 Å². The number of anilines is 1. The normalized spacial score (nSPS) is 18.8. The smallest absolute Gasteiger partial charge is 0.119 e. The predicted molar refractivity (Wildman–Crippen MR) is 80.0 cm³/mol. The van der Waals surface area contributed by atoms with Crippen LogP contribution in [0.3, 0.4) is 0 Å². The molecule has 1 saturated heterocycles. The van der Waals surface area contributed by atoms with Gasteiger partial charge < -0.3 is 20.3 Å². The van der Waals surface area contributed by atoms with Crippen LogP contribution >= 0.6 is 0 Å². The van der Waals surface area contributed by atoms with E-state index in [1.807, 2.05) is 26.2 Å². The minimum Gasteiger partial charge on any atom is -0.492 e. The number of nitrogens with zero attached hydrogens (tertiary/aromatic N) is 1. The minimum absolute atomic E-state index is 0.621. The predicted octanol–water partition coefficient (Wildman–Crippen LogP) is 1.79. The maximum Gasteiger partial charge on any atom is 0.119 e. The van der Waals surface area contributed by atoms with E-state index in [-0.39, 0.29) is 0 Å². The maximum absolute atomic E-state index is 5.67. The van der Waals surface area contributed by atoms with E-state index in [0.29, 0.717) is 6.04 Å². The van der Waals surface area contributed by atoms with Gasteiger partial charge in [0.25, 0.3) is 0 Å². The molecule has 0 saturated carbocycles. The Morgan fingerprint density at radius 1 is 1.32 bits per heavy atom. The molecule has 0 bridgehead atoms. The monoisotopic (exact) mass is 263 g/mol. The number of benzene rings is 1. The summed E-state index contributed by atoms with van der Waals surface area (Å²) >= 11 is 0. The van der Waals surface area contributed by atoms with E-state index in [1.54, 1.807) is 0 Å². The lowest BCUT2D eigenvalue weighted by molar-refractivity contribution is 0.261. The average Bonchev–Trinajstić information content (AvgIpc) is 2.90. The fourth-order valence-corrected chi connectivity index (χ4v) is 2.19. The van der Waals surface area contributed by atoms with Crippen LogP contribution in [0.2, 0.25) is 0 Å². The molecule has 0 radical (unpaired) electrons. The van der Waals surface area contributed by atoms with Crippen molar-refractivity contribution in [1.29, 1.82) is 0 Å². The molecule has 1 atom stereocenters. The van der Waals surface area contributed by atoms with Gasteiger partial charge in [-0.15, -0.1) is 0 Å². The van der Waals surface area contributed by atoms with Crippen molar-refractivity contribution in [2.45, 2.75) is 18.9 Å². The fourth-order valence-electron chi connectivity index (χ4n) is 2.19. The summed E-state index contributed by atoms with van der Waals surface area (Å²) in [5.74, 6) is 0.936. The second-order valence-electron chi connectivity index (χ2n) is 5.35. The van der Waals surface area contributed by atoms with Crippen LogP contribution in [0.4, 0.5) is 5.69 Å². The van der Waals surface area contributed by atoms with Crippen molar-refractivity contribution in [2.24, 2.45) is 0 Å². The summed E-state index contributed by atoms with van der Waals surface area (Å²) in [4.78, 5) is 2.12. The third kappa shape index (κ3) is 5.09. The molecule has 1 aliphatic heterocycles. The summed E-state index contributed by atoms with van der Waals surface area (Å²) in [6.07, 6.45) is 2.57. The lowest BCUT2D eigenvalue weighted by Crippen LogP contribution is -2.29. The molecule has 2 N–H and O–H groups in total. The van der Waals surface area contributed by atoms with Crippen molar-refractivity contribution in [3.05, 3.63) is 24.3 Å². The van der Waals surface area contributed by atoms with Gasteiger partial charge in [-0.25, -0.2) is 0 Å². The van der Waals surface area contributed by atoms with Gasteiger partial charge in [0.05, 0.1) is 0 Å². The highest BCUT2D eigenvalue weighted by molar-refractivity contribution is 5.46. The Hall–Kier alpha value is -1.26. The van der Waals surface area contributed by atoms with Gasteiger partial charge in [-0.3, -0.25) is 0 Å². The lowest BCUT2D eigenvalue weighted by Gasteiger charge is -2.14. The molecular weight excluding hydrogens is 238 g/mol. The van der Waals surface area contributed by atoms with Gasteiger partial charge in [-0.05, 0) is 57.7 Å². The molecule has 4 nitrogen and oxygen atoms in total. The van der Waals surface area contributed by atoms with Gasteiger partial charge in [-0.1, -0.05) is 0 Å². The third-order valence-electron chi connectivity index (χ3n) is 3.38. The average molecular weight is 263 g/mol. The zero-order valence-electron chi connectivity index (χ0n) is 12.0. The first-order valence-corrected chi connectivity index (χ1v) is 7.09. The quantitative estimate of drug-likeness (QED) is 0.786. The van der Waals surface area contributed by atoms with Crippen LogP contribution in [0.5, 0.6) is 5.75 Å². The topological polar surface area (TPSA) is 36.5 Å². The first kappa shape index (κ1) is 14.2. The summed E-state index contributed by atoms with van der Waals surface area (Å²) in [5, 5.41) is 6.95. The number of hydrogen-bond donors (Lipinski definition) is 2. The second-order valence-corrected chi connectivity index (χ2v) is 5.35. The number of hydrogen-bond acceptors (Lipinski definition) is 4. The second kappa shape index (κ2) is 7.36. The Labute approximate surface area is 116 Å². The number of likely N-dealkylation sites (N-methyl/N-ethyl adjacent to an activating group) is 1. The van der Waals surface area contributed by atoms with Crippen molar-refractivity contribution in [3.8, 4) is 5.75 Å². The van der Waals surface area contributed by atoms with Crippen LogP contribution in [-0.4, -0.2) is 51.3 Å². The van der Waals surface area contributed by atoms with Gasteiger partial charge in [0.15, 0.2) is 0 Å². The first-order valence-electron chi connectivity index (χ1n) is 7.09. The van der Waals surface area contributed by atoms with Crippen LogP contribution in [0.25, 0.3) is 0 Å². The molecule has 1 heterocycles. The van der Waals surface area contributed by atoms with E-state index >= 15 is 0 Å². The molecule has 1 unspecified atom stereocenters. The van der Waals surface area contributed by atoms with Gasteiger partial charge >= 0.3 is 0 Å². The van der Waals surface area contributed by atoms with Crippen molar-refractivity contribution in [3.63, 3.8) is 0 Å². The number of nitrogens with one attached hydrogen (secondary N) is 2. The van der Waals surface area contributed by atoms with E-state index in [0.717, 1.165) is 37.7 Å². The highest BCUT2D eigenvalue weighted by Crippen LogP contribution is 2.16. The SMILES string of the molecule is CN(C)CCOc1ccc(NCC2CCCN2)cc1. The molecule has 19 heavy (non-hydrogen) atoms. The molecule has 1 aliphatic rings. The minimum atomic E-state index is 0.621. The summed E-state index contributed by atoms with van der Waals surface area (Å²) in [6.45, 7) is 3.82.